The third-order valence-electron chi connectivity index (χ3n) is 5.09. The van der Waals surface area contributed by atoms with Crippen molar-refractivity contribution in [1.82, 2.24) is 9.88 Å². The number of aromatic nitrogens is 1. The SMILES string of the molecule is C[Si](C)(C)c1[nH]c2cc3c(cc2c1C[C@H]1COCCN1C(=O)O)OC(F)(F)O3. The molecule has 3 heterocycles. The molecule has 2 N–H and O–H groups in total. The van der Waals surface area contributed by atoms with Crippen LogP contribution in [0.15, 0.2) is 12.1 Å². The number of hydrogen-bond acceptors (Lipinski definition) is 4. The summed E-state index contributed by atoms with van der Waals surface area (Å²) in [5.74, 6) is -0.0320. The zero-order valence-corrected chi connectivity index (χ0v) is 16.8. The molecule has 0 aliphatic carbocycles. The second kappa shape index (κ2) is 6.34. The first-order valence-corrected chi connectivity index (χ1v) is 12.6. The molecule has 1 atom stereocenters. The number of ether oxygens (including phenoxy) is 3. The Kier molecular flexibility index (Phi) is 4.31. The first-order chi connectivity index (χ1) is 13.0. The van der Waals surface area contributed by atoms with Gasteiger partial charge in [-0.3, -0.25) is 0 Å². The van der Waals surface area contributed by atoms with Gasteiger partial charge in [0.2, 0.25) is 0 Å². The molecule has 1 aromatic heterocycles. The molecule has 10 heteroatoms. The van der Waals surface area contributed by atoms with E-state index in [1.54, 1.807) is 6.07 Å². The maximum Gasteiger partial charge on any atom is 0.586 e. The van der Waals surface area contributed by atoms with Crippen molar-refractivity contribution >= 4 is 30.4 Å². The molecule has 2 aliphatic rings. The first kappa shape index (κ1) is 19.0. The molecule has 7 nitrogen and oxygen atoms in total. The average molecular weight is 412 g/mol. The molecule has 0 bridgehead atoms. The Balaban J connectivity index is 1.80. The van der Waals surface area contributed by atoms with E-state index in [1.807, 2.05) is 0 Å². The van der Waals surface area contributed by atoms with Crippen LogP contribution in [0.25, 0.3) is 10.9 Å². The highest BCUT2D eigenvalue weighted by Crippen LogP contribution is 2.43. The number of carbonyl (C=O) groups is 1. The van der Waals surface area contributed by atoms with E-state index in [2.05, 4.69) is 34.1 Å². The molecule has 2 aliphatic heterocycles. The smallest absolute Gasteiger partial charge is 0.465 e. The number of amides is 1. The molecule has 2 aromatic rings. The number of halogens is 2. The van der Waals surface area contributed by atoms with Gasteiger partial charge >= 0.3 is 12.4 Å². The van der Waals surface area contributed by atoms with E-state index in [4.69, 9.17) is 4.74 Å². The molecule has 4 rings (SSSR count). The van der Waals surface area contributed by atoms with E-state index in [0.717, 1.165) is 16.3 Å². The normalized spacial score (nSPS) is 21.3. The lowest BCUT2D eigenvalue weighted by Crippen LogP contribution is -2.50. The molecule has 0 radical (unpaired) electrons. The highest BCUT2D eigenvalue weighted by atomic mass is 28.3. The van der Waals surface area contributed by atoms with Crippen molar-refractivity contribution in [2.75, 3.05) is 19.8 Å². The Bertz CT molecular complexity index is 940. The molecule has 28 heavy (non-hydrogen) atoms. The lowest BCUT2D eigenvalue weighted by Gasteiger charge is -2.34. The quantitative estimate of drug-likeness (QED) is 0.758. The molecule has 152 valence electrons. The van der Waals surface area contributed by atoms with Gasteiger partial charge in [0.15, 0.2) is 11.5 Å². The van der Waals surface area contributed by atoms with Crippen LogP contribution in [0, 0.1) is 0 Å². The number of H-pyrrole nitrogens is 1. The van der Waals surface area contributed by atoms with Gasteiger partial charge in [-0.15, -0.1) is 8.78 Å². The molecule has 1 aromatic carbocycles. The molecule has 1 fully saturated rings. The summed E-state index contributed by atoms with van der Waals surface area (Å²) in [5, 5.41) is 11.3. The van der Waals surface area contributed by atoms with E-state index >= 15 is 0 Å². The number of nitrogens with zero attached hydrogens (tertiary/aromatic N) is 1. The summed E-state index contributed by atoms with van der Waals surface area (Å²) >= 11 is 0. The first-order valence-electron chi connectivity index (χ1n) is 9.07. The van der Waals surface area contributed by atoms with Crippen LogP contribution in [-0.2, 0) is 11.2 Å². The minimum Gasteiger partial charge on any atom is -0.465 e. The van der Waals surface area contributed by atoms with Crippen molar-refractivity contribution in [3.63, 3.8) is 0 Å². The second-order valence-corrected chi connectivity index (χ2v) is 13.1. The summed E-state index contributed by atoms with van der Waals surface area (Å²) in [4.78, 5) is 16.4. The van der Waals surface area contributed by atoms with Gasteiger partial charge in [0.05, 0.1) is 27.3 Å². The van der Waals surface area contributed by atoms with Crippen LogP contribution in [0.5, 0.6) is 11.5 Å². The summed E-state index contributed by atoms with van der Waals surface area (Å²) in [6, 6.07) is 2.73. The Morgan fingerprint density at radius 1 is 1.32 bits per heavy atom. The summed E-state index contributed by atoms with van der Waals surface area (Å²) in [6.07, 6.45) is -4.23. The van der Waals surface area contributed by atoms with Gasteiger partial charge in [-0.25, -0.2) is 4.79 Å². The minimum atomic E-state index is -3.68. The zero-order valence-electron chi connectivity index (χ0n) is 15.8. The highest BCUT2D eigenvalue weighted by molar-refractivity contribution is 6.88. The number of fused-ring (bicyclic) bond motifs is 2. The van der Waals surface area contributed by atoms with Crippen molar-refractivity contribution in [2.45, 2.75) is 38.4 Å². The van der Waals surface area contributed by atoms with Gasteiger partial charge in [-0.05, 0) is 18.1 Å². The van der Waals surface area contributed by atoms with Crippen LogP contribution in [0.3, 0.4) is 0 Å². The maximum atomic E-state index is 13.4. The van der Waals surface area contributed by atoms with E-state index in [-0.39, 0.29) is 17.5 Å². The lowest BCUT2D eigenvalue weighted by molar-refractivity contribution is -0.286. The Hall–Kier alpha value is -2.33. The second-order valence-electron chi connectivity index (χ2n) is 8.15. The Morgan fingerprint density at radius 3 is 2.64 bits per heavy atom. The Labute approximate surface area is 161 Å². The number of rotatable bonds is 3. The molecule has 1 amide bonds. The minimum absolute atomic E-state index is 0.0133. The van der Waals surface area contributed by atoms with Gasteiger partial charge in [-0.2, -0.15) is 0 Å². The van der Waals surface area contributed by atoms with Crippen LogP contribution < -0.4 is 14.8 Å². The third-order valence-corrected chi connectivity index (χ3v) is 7.02. The summed E-state index contributed by atoms with van der Waals surface area (Å²) in [5.41, 5.74) is 1.60. The number of benzene rings is 1. The fourth-order valence-corrected chi connectivity index (χ4v) is 5.51. The topological polar surface area (TPSA) is 84.0 Å². The van der Waals surface area contributed by atoms with E-state index in [0.29, 0.717) is 31.7 Å². The third kappa shape index (κ3) is 3.30. The van der Waals surface area contributed by atoms with Crippen LogP contribution in [0.1, 0.15) is 5.56 Å². The predicted molar refractivity (Wildman–Crippen MR) is 101 cm³/mol. The van der Waals surface area contributed by atoms with E-state index < -0.39 is 20.5 Å². The van der Waals surface area contributed by atoms with E-state index in [1.165, 1.54) is 11.0 Å². The average Bonchev–Trinajstić information content (AvgIpc) is 3.08. The predicted octanol–water partition coefficient (Wildman–Crippen LogP) is 2.96. The van der Waals surface area contributed by atoms with E-state index in [9.17, 15) is 18.7 Å². The summed E-state index contributed by atoms with van der Waals surface area (Å²) in [7, 11) is -1.84. The summed E-state index contributed by atoms with van der Waals surface area (Å²) < 4.78 is 41.6. The number of carboxylic acid groups (broad SMARTS) is 1. The largest absolute Gasteiger partial charge is 0.586 e. The monoisotopic (exact) mass is 412 g/mol. The molecular weight excluding hydrogens is 390 g/mol. The van der Waals surface area contributed by atoms with Gasteiger partial charge in [-0.1, -0.05) is 19.6 Å². The molecule has 0 unspecified atom stereocenters. The number of hydrogen-bond donors (Lipinski definition) is 2. The van der Waals surface area contributed by atoms with Crippen molar-refractivity contribution < 1.29 is 32.9 Å². The highest BCUT2D eigenvalue weighted by Gasteiger charge is 2.44. The van der Waals surface area contributed by atoms with Crippen LogP contribution >= 0.6 is 0 Å². The number of alkyl halides is 2. The molecule has 1 saturated heterocycles. The van der Waals surface area contributed by atoms with Crippen LogP contribution in [-0.4, -0.2) is 61.3 Å². The molecule has 0 saturated carbocycles. The maximum absolute atomic E-state index is 13.4. The molecular formula is C18H22F2N2O5Si. The number of aromatic amines is 1. The molecule has 0 spiro atoms. The lowest BCUT2D eigenvalue weighted by atomic mass is 10.0. The number of nitrogens with one attached hydrogen (secondary N) is 1. The van der Waals surface area contributed by atoms with Crippen molar-refractivity contribution in [2.24, 2.45) is 0 Å². The van der Waals surface area contributed by atoms with Crippen molar-refractivity contribution in [3.05, 3.63) is 17.7 Å². The standard InChI is InChI=1S/C18H22F2N2O5Si/c1-28(2,3)16-12(6-10-9-25-5-4-22(10)17(23)24)11-7-14-15(8-13(11)21-16)27-18(19,20)26-14/h7-8,10,21H,4-6,9H2,1-3H3,(H,23,24)/t10-/m0/s1. The van der Waals surface area contributed by atoms with Crippen LogP contribution in [0.2, 0.25) is 19.6 Å². The van der Waals surface area contributed by atoms with Gasteiger partial charge in [0.1, 0.15) is 0 Å². The Morgan fingerprint density at radius 2 is 2.00 bits per heavy atom. The van der Waals surface area contributed by atoms with Crippen molar-refractivity contribution in [3.8, 4) is 11.5 Å². The fraction of sp³-hybridized carbons (Fsp3) is 0.500. The van der Waals surface area contributed by atoms with Gasteiger partial charge in [0, 0.05) is 28.8 Å². The summed E-state index contributed by atoms with van der Waals surface area (Å²) in [6.45, 7) is 7.48. The number of morpholine rings is 1. The zero-order chi connectivity index (χ0) is 20.3. The fourth-order valence-electron chi connectivity index (χ4n) is 3.86. The van der Waals surface area contributed by atoms with Gasteiger partial charge < -0.3 is 29.2 Å². The van der Waals surface area contributed by atoms with Crippen LogP contribution in [0.4, 0.5) is 13.6 Å². The van der Waals surface area contributed by atoms with Gasteiger partial charge in [0.25, 0.3) is 0 Å². The van der Waals surface area contributed by atoms with Crippen molar-refractivity contribution in [1.29, 1.82) is 0 Å².